The summed E-state index contributed by atoms with van der Waals surface area (Å²) in [7, 11) is 0. The van der Waals surface area contributed by atoms with Gasteiger partial charge in [-0.2, -0.15) is 18.2 Å². The number of hydrogen-bond acceptors (Lipinski definition) is 4. The van der Waals surface area contributed by atoms with Gasteiger partial charge in [-0.3, -0.25) is 0 Å². The average molecular weight is 365 g/mol. The predicted molar refractivity (Wildman–Crippen MR) is 91.5 cm³/mol. The zero-order valence-electron chi connectivity index (χ0n) is 12.7. The molecule has 4 nitrogen and oxygen atoms in total. The highest BCUT2D eigenvalue weighted by molar-refractivity contribution is 6.30. The number of rotatable bonds is 4. The van der Waals surface area contributed by atoms with Crippen LogP contribution in [0.15, 0.2) is 60.8 Å². The molecule has 0 spiro atoms. The minimum absolute atomic E-state index is 0.00158. The molecule has 0 bridgehead atoms. The van der Waals surface area contributed by atoms with Gasteiger partial charge in [-0.15, -0.1) is 0 Å². The summed E-state index contributed by atoms with van der Waals surface area (Å²) in [6.07, 6.45) is -3.10. The number of nitrogens with one attached hydrogen (secondary N) is 2. The number of aromatic nitrogens is 2. The van der Waals surface area contributed by atoms with E-state index in [1.807, 2.05) is 30.3 Å². The molecule has 0 saturated carbocycles. The van der Waals surface area contributed by atoms with Crippen LogP contribution in [0.3, 0.4) is 0 Å². The number of para-hydroxylation sites is 1. The molecule has 25 heavy (non-hydrogen) atoms. The first-order valence-corrected chi connectivity index (χ1v) is 7.58. The molecule has 0 unspecified atom stereocenters. The van der Waals surface area contributed by atoms with E-state index in [2.05, 4.69) is 20.6 Å². The number of hydrogen-bond donors (Lipinski definition) is 2. The fourth-order valence-corrected chi connectivity index (χ4v) is 2.31. The number of alkyl halides is 3. The zero-order valence-corrected chi connectivity index (χ0v) is 13.4. The molecule has 1 heterocycles. The lowest BCUT2D eigenvalue weighted by atomic mass is 10.1. The lowest BCUT2D eigenvalue weighted by molar-refractivity contribution is -0.136. The Balaban J connectivity index is 1.86. The van der Waals surface area contributed by atoms with Crippen molar-refractivity contribution < 1.29 is 13.2 Å². The number of nitrogens with zero attached hydrogens (tertiary/aromatic N) is 2. The van der Waals surface area contributed by atoms with Gasteiger partial charge < -0.3 is 10.6 Å². The van der Waals surface area contributed by atoms with Crippen LogP contribution >= 0.6 is 11.6 Å². The first kappa shape index (κ1) is 17.0. The van der Waals surface area contributed by atoms with E-state index in [1.54, 1.807) is 6.07 Å². The Morgan fingerprint density at radius 2 is 1.68 bits per heavy atom. The Morgan fingerprint density at radius 3 is 2.40 bits per heavy atom. The van der Waals surface area contributed by atoms with Crippen molar-refractivity contribution in [2.75, 3.05) is 10.6 Å². The van der Waals surface area contributed by atoms with Crippen LogP contribution in [-0.4, -0.2) is 9.97 Å². The summed E-state index contributed by atoms with van der Waals surface area (Å²) in [5, 5.41) is 5.64. The van der Waals surface area contributed by atoms with E-state index >= 15 is 0 Å². The van der Waals surface area contributed by atoms with Crippen LogP contribution in [-0.2, 0) is 6.18 Å². The van der Waals surface area contributed by atoms with Gasteiger partial charge in [-0.1, -0.05) is 29.8 Å². The van der Waals surface area contributed by atoms with Crippen LogP contribution in [0.4, 0.5) is 36.3 Å². The average Bonchev–Trinajstić information content (AvgIpc) is 2.57. The summed E-state index contributed by atoms with van der Waals surface area (Å²) >= 11 is 5.67. The van der Waals surface area contributed by atoms with E-state index in [4.69, 9.17) is 11.6 Å². The summed E-state index contributed by atoms with van der Waals surface area (Å²) in [6.45, 7) is 0. The van der Waals surface area contributed by atoms with Gasteiger partial charge in [-0.05, 0) is 36.4 Å². The third kappa shape index (κ3) is 4.39. The minimum atomic E-state index is -4.55. The molecule has 1 aromatic heterocycles. The maximum Gasteiger partial charge on any atom is 0.418 e. The van der Waals surface area contributed by atoms with Crippen LogP contribution < -0.4 is 10.6 Å². The lowest BCUT2D eigenvalue weighted by Crippen LogP contribution is -2.10. The Kier molecular flexibility index (Phi) is 4.76. The van der Waals surface area contributed by atoms with Crippen molar-refractivity contribution in [1.82, 2.24) is 9.97 Å². The van der Waals surface area contributed by atoms with Crippen molar-refractivity contribution in [2.24, 2.45) is 0 Å². The molecule has 0 amide bonds. The third-order valence-electron chi connectivity index (χ3n) is 3.24. The van der Waals surface area contributed by atoms with Crippen molar-refractivity contribution in [2.45, 2.75) is 6.18 Å². The molecule has 0 fully saturated rings. The van der Waals surface area contributed by atoms with E-state index in [1.165, 1.54) is 18.3 Å². The fourth-order valence-electron chi connectivity index (χ4n) is 2.14. The first-order chi connectivity index (χ1) is 11.9. The third-order valence-corrected chi connectivity index (χ3v) is 3.47. The number of anilines is 4. The molecule has 0 saturated heterocycles. The van der Waals surface area contributed by atoms with Crippen molar-refractivity contribution in [3.63, 3.8) is 0 Å². The Labute approximate surface area is 146 Å². The van der Waals surface area contributed by atoms with E-state index in [9.17, 15) is 13.2 Å². The van der Waals surface area contributed by atoms with Gasteiger partial charge in [0.2, 0.25) is 5.95 Å². The minimum Gasteiger partial charge on any atom is -0.340 e. The molecule has 0 radical (unpaired) electrons. The Bertz CT molecular complexity index is 869. The topological polar surface area (TPSA) is 49.8 Å². The van der Waals surface area contributed by atoms with Gasteiger partial charge in [0, 0.05) is 16.9 Å². The first-order valence-electron chi connectivity index (χ1n) is 7.21. The molecule has 0 atom stereocenters. The van der Waals surface area contributed by atoms with Crippen molar-refractivity contribution >= 4 is 34.7 Å². The number of halogens is 4. The second kappa shape index (κ2) is 6.98. The summed E-state index contributed by atoms with van der Waals surface area (Å²) in [5.74, 6) is 0.486. The highest BCUT2D eigenvalue weighted by Gasteiger charge is 2.34. The molecule has 2 aromatic carbocycles. The Morgan fingerprint density at radius 1 is 0.920 bits per heavy atom. The largest absolute Gasteiger partial charge is 0.418 e. The molecule has 8 heteroatoms. The van der Waals surface area contributed by atoms with Gasteiger partial charge in [0.15, 0.2) is 0 Å². The van der Waals surface area contributed by atoms with E-state index in [-0.39, 0.29) is 16.7 Å². The molecule has 0 aliphatic carbocycles. The van der Waals surface area contributed by atoms with Gasteiger partial charge in [0.25, 0.3) is 0 Å². The molecule has 2 N–H and O–H groups in total. The smallest absolute Gasteiger partial charge is 0.340 e. The van der Waals surface area contributed by atoms with Gasteiger partial charge in [0.1, 0.15) is 5.82 Å². The highest BCUT2D eigenvalue weighted by atomic mass is 35.5. The van der Waals surface area contributed by atoms with Gasteiger partial charge in [-0.25, -0.2) is 4.98 Å². The summed E-state index contributed by atoms with van der Waals surface area (Å²) in [4.78, 5) is 8.13. The molecule has 0 aliphatic rings. The predicted octanol–water partition coefficient (Wildman–Crippen LogP) is 5.64. The summed E-state index contributed by atoms with van der Waals surface area (Å²) < 4.78 is 39.4. The highest BCUT2D eigenvalue weighted by Crippen LogP contribution is 2.37. The SMILES string of the molecule is FC(F)(F)c1cc(Cl)ccc1Nc1nccc(Nc2ccccc2)n1. The monoisotopic (exact) mass is 364 g/mol. The second-order valence-corrected chi connectivity index (χ2v) is 5.51. The van der Waals surface area contributed by atoms with E-state index in [0.717, 1.165) is 11.8 Å². The van der Waals surface area contributed by atoms with E-state index < -0.39 is 11.7 Å². The molecular weight excluding hydrogens is 353 g/mol. The maximum absolute atomic E-state index is 13.1. The maximum atomic E-state index is 13.1. The van der Waals surface area contributed by atoms with Crippen molar-refractivity contribution in [1.29, 1.82) is 0 Å². The summed E-state index contributed by atoms with van der Waals surface area (Å²) in [6, 6.07) is 14.3. The molecule has 0 aliphatic heterocycles. The molecule has 3 rings (SSSR count). The standard InChI is InChI=1S/C17H12ClF3N4/c18-11-6-7-14(13(10-11)17(19,20)21)24-16-22-9-8-15(25-16)23-12-4-2-1-3-5-12/h1-10H,(H2,22,23,24,25). The van der Waals surface area contributed by atoms with Crippen LogP contribution in [0, 0.1) is 0 Å². The van der Waals surface area contributed by atoms with Crippen LogP contribution in [0.1, 0.15) is 5.56 Å². The molecular formula is C17H12ClF3N4. The Hall–Kier alpha value is -2.80. The van der Waals surface area contributed by atoms with Gasteiger partial charge in [0.05, 0.1) is 11.3 Å². The summed E-state index contributed by atoms with van der Waals surface area (Å²) in [5.41, 5.74) is -0.256. The van der Waals surface area contributed by atoms with Gasteiger partial charge >= 0.3 is 6.18 Å². The van der Waals surface area contributed by atoms with Crippen LogP contribution in [0.25, 0.3) is 0 Å². The van der Waals surface area contributed by atoms with Crippen LogP contribution in [0.5, 0.6) is 0 Å². The van der Waals surface area contributed by atoms with Crippen molar-refractivity contribution in [3.8, 4) is 0 Å². The normalized spacial score (nSPS) is 11.2. The zero-order chi connectivity index (χ0) is 17.9. The lowest BCUT2D eigenvalue weighted by Gasteiger charge is -2.14. The number of benzene rings is 2. The molecule has 128 valence electrons. The van der Waals surface area contributed by atoms with E-state index in [0.29, 0.717) is 5.82 Å². The quantitative estimate of drug-likeness (QED) is 0.629. The molecule has 3 aromatic rings. The second-order valence-electron chi connectivity index (χ2n) is 5.07. The van der Waals surface area contributed by atoms with Crippen LogP contribution in [0.2, 0.25) is 5.02 Å². The van der Waals surface area contributed by atoms with Crippen molar-refractivity contribution in [3.05, 3.63) is 71.4 Å². The fraction of sp³-hybridized carbons (Fsp3) is 0.0588.